The van der Waals surface area contributed by atoms with E-state index in [1.54, 1.807) is 20.0 Å². The number of carbonyl (C=O) groups is 1. The monoisotopic (exact) mass is 452 g/mol. The van der Waals surface area contributed by atoms with Crippen LogP contribution in [0.1, 0.15) is 40.3 Å². The molecule has 0 spiro atoms. The molecular weight excluding hydrogens is 431 g/mol. The van der Waals surface area contributed by atoms with Crippen molar-refractivity contribution < 1.29 is 9.18 Å². The van der Waals surface area contributed by atoms with Crippen LogP contribution in [0, 0.1) is 12.7 Å². The number of aromatic nitrogens is 5. The Hall–Kier alpha value is -3.40. The third-order valence-corrected chi connectivity index (χ3v) is 6.99. The van der Waals surface area contributed by atoms with Crippen LogP contribution >= 0.6 is 11.3 Å². The molecule has 1 aliphatic rings. The quantitative estimate of drug-likeness (QED) is 0.512. The molecule has 0 bridgehead atoms. The predicted octanol–water partition coefficient (Wildman–Crippen LogP) is 3.68. The summed E-state index contributed by atoms with van der Waals surface area (Å²) in [5.41, 5.74) is 1.13. The number of aryl methyl sites for hydroxylation is 3. The van der Waals surface area contributed by atoms with Gasteiger partial charge in [0.2, 0.25) is 0 Å². The second kappa shape index (κ2) is 7.94. The summed E-state index contributed by atoms with van der Waals surface area (Å²) in [6, 6.07) is 4.41. The maximum absolute atomic E-state index is 14.7. The molecule has 1 N–H and O–H groups in total. The van der Waals surface area contributed by atoms with Crippen molar-refractivity contribution in [2.75, 3.05) is 5.32 Å². The standard InChI is InChI=1S/C22H21FN6O2S/c1-12-17-21(24-11-28(2)22(17)31)32-18(12)20(30)25-13-7-8-15(23)14(10-13)19-27-26-16-6-4-3-5-9-29(16)19/h7-8,10-11H,3-6,9H2,1-2H3,(H,25,30). The number of nitrogens with zero attached hydrogens (tertiary/aromatic N) is 5. The molecule has 8 nitrogen and oxygen atoms in total. The van der Waals surface area contributed by atoms with E-state index in [2.05, 4.69) is 20.5 Å². The van der Waals surface area contributed by atoms with Gasteiger partial charge in [0.15, 0.2) is 5.82 Å². The fourth-order valence-corrected chi connectivity index (χ4v) is 5.11. The molecule has 1 aliphatic heterocycles. The van der Waals surface area contributed by atoms with E-state index in [4.69, 9.17) is 0 Å². The highest BCUT2D eigenvalue weighted by Gasteiger charge is 2.21. The van der Waals surface area contributed by atoms with Crippen LogP contribution in [-0.2, 0) is 20.0 Å². The second-order valence-corrected chi connectivity index (χ2v) is 8.95. The van der Waals surface area contributed by atoms with Crippen molar-refractivity contribution in [1.82, 2.24) is 24.3 Å². The number of anilines is 1. The Balaban J connectivity index is 1.49. The molecule has 0 unspecified atom stereocenters. The van der Waals surface area contributed by atoms with Gasteiger partial charge in [-0.2, -0.15) is 0 Å². The molecule has 1 amide bonds. The molecular formula is C22H21FN6O2S. The number of hydrogen-bond donors (Lipinski definition) is 1. The molecule has 1 aromatic carbocycles. The third kappa shape index (κ3) is 3.40. The smallest absolute Gasteiger partial charge is 0.266 e. The minimum atomic E-state index is -0.423. The highest BCUT2D eigenvalue weighted by Crippen LogP contribution is 2.30. The summed E-state index contributed by atoms with van der Waals surface area (Å²) in [6.45, 7) is 2.48. The van der Waals surface area contributed by atoms with E-state index >= 15 is 0 Å². The highest BCUT2D eigenvalue weighted by atomic mass is 32.1. The molecule has 4 heterocycles. The van der Waals surface area contributed by atoms with Gasteiger partial charge < -0.3 is 14.5 Å². The van der Waals surface area contributed by atoms with E-state index in [-0.39, 0.29) is 11.5 Å². The average molecular weight is 453 g/mol. The molecule has 0 saturated heterocycles. The van der Waals surface area contributed by atoms with E-state index < -0.39 is 5.82 Å². The summed E-state index contributed by atoms with van der Waals surface area (Å²) in [6.07, 6.45) is 5.41. The van der Waals surface area contributed by atoms with Crippen LogP contribution in [0.4, 0.5) is 10.1 Å². The molecule has 0 fully saturated rings. The number of thiophene rings is 1. The largest absolute Gasteiger partial charge is 0.321 e. The Morgan fingerprint density at radius 1 is 1.22 bits per heavy atom. The van der Waals surface area contributed by atoms with Gasteiger partial charge >= 0.3 is 0 Å². The van der Waals surface area contributed by atoms with Crippen molar-refractivity contribution in [1.29, 1.82) is 0 Å². The Morgan fingerprint density at radius 2 is 2.06 bits per heavy atom. The van der Waals surface area contributed by atoms with Gasteiger partial charge in [-0.1, -0.05) is 6.42 Å². The number of amides is 1. The van der Waals surface area contributed by atoms with Crippen LogP contribution in [0.3, 0.4) is 0 Å². The molecule has 0 aliphatic carbocycles. The molecule has 0 radical (unpaired) electrons. The lowest BCUT2D eigenvalue weighted by Gasteiger charge is -2.10. The number of carbonyl (C=O) groups excluding carboxylic acids is 1. The van der Waals surface area contributed by atoms with Crippen molar-refractivity contribution in [3.05, 3.63) is 57.0 Å². The summed E-state index contributed by atoms with van der Waals surface area (Å²) >= 11 is 1.16. The van der Waals surface area contributed by atoms with E-state index in [1.807, 2.05) is 4.57 Å². The van der Waals surface area contributed by atoms with Gasteiger partial charge in [-0.25, -0.2) is 9.37 Å². The molecule has 0 atom stereocenters. The zero-order valence-electron chi connectivity index (χ0n) is 17.7. The van der Waals surface area contributed by atoms with Crippen molar-refractivity contribution >= 4 is 33.1 Å². The number of hydrogen-bond acceptors (Lipinski definition) is 6. The van der Waals surface area contributed by atoms with Crippen LogP contribution in [0.25, 0.3) is 21.6 Å². The van der Waals surface area contributed by atoms with Gasteiger partial charge in [0.25, 0.3) is 11.5 Å². The number of rotatable bonds is 3. The van der Waals surface area contributed by atoms with Gasteiger partial charge in [-0.3, -0.25) is 9.59 Å². The lowest BCUT2D eigenvalue weighted by atomic mass is 10.1. The fourth-order valence-electron chi connectivity index (χ4n) is 4.07. The van der Waals surface area contributed by atoms with Gasteiger partial charge in [-0.05, 0) is 43.5 Å². The first-order chi connectivity index (χ1) is 15.4. The van der Waals surface area contributed by atoms with Crippen LogP contribution in [0.5, 0.6) is 0 Å². The Labute approximate surface area is 186 Å². The van der Waals surface area contributed by atoms with E-state index in [9.17, 15) is 14.0 Å². The van der Waals surface area contributed by atoms with Gasteiger partial charge in [0, 0.05) is 25.7 Å². The lowest BCUT2D eigenvalue weighted by Crippen LogP contribution is -2.17. The molecule has 3 aromatic heterocycles. The molecule has 10 heteroatoms. The summed E-state index contributed by atoms with van der Waals surface area (Å²) in [7, 11) is 1.62. The number of benzene rings is 1. The Kier molecular flexibility index (Phi) is 5.09. The second-order valence-electron chi connectivity index (χ2n) is 7.95. The van der Waals surface area contributed by atoms with Crippen LogP contribution < -0.4 is 10.9 Å². The molecule has 4 aromatic rings. The molecule has 5 rings (SSSR count). The van der Waals surface area contributed by atoms with Gasteiger partial charge in [-0.15, -0.1) is 21.5 Å². The van der Waals surface area contributed by atoms with Gasteiger partial charge in [0.05, 0.1) is 22.2 Å². The van der Waals surface area contributed by atoms with Crippen molar-refractivity contribution in [3.8, 4) is 11.4 Å². The maximum Gasteiger partial charge on any atom is 0.266 e. The first-order valence-corrected chi connectivity index (χ1v) is 11.2. The molecule has 32 heavy (non-hydrogen) atoms. The van der Waals surface area contributed by atoms with Gasteiger partial charge in [0.1, 0.15) is 16.5 Å². The first kappa shape index (κ1) is 20.5. The normalized spacial score (nSPS) is 13.7. The fraction of sp³-hybridized carbons (Fsp3) is 0.318. The number of fused-ring (bicyclic) bond motifs is 2. The summed E-state index contributed by atoms with van der Waals surface area (Å²) in [4.78, 5) is 30.6. The zero-order chi connectivity index (χ0) is 22.4. The van der Waals surface area contributed by atoms with Crippen molar-refractivity contribution in [2.45, 2.75) is 39.2 Å². The van der Waals surface area contributed by atoms with E-state index in [0.717, 1.165) is 49.4 Å². The summed E-state index contributed by atoms with van der Waals surface area (Å²) in [5, 5.41) is 11.7. The highest BCUT2D eigenvalue weighted by molar-refractivity contribution is 7.20. The van der Waals surface area contributed by atoms with Crippen molar-refractivity contribution in [2.24, 2.45) is 7.05 Å². The predicted molar refractivity (Wildman–Crippen MR) is 121 cm³/mol. The topological polar surface area (TPSA) is 94.7 Å². The minimum absolute atomic E-state index is 0.195. The average Bonchev–Trinajstić information content (AvgIpc) is 3.24. The summed E-state index contributed by atoms with van der Waals surface area (Å²) < 4.78 is 18.1. The van der Waals surface area contributed by atoms with Crippen LogP contribution in [-0.4, -0.2) is 30.2 Å². The van der Waals surface area contributed by atoms with E-state index in [1.165, 1.54) is 23.0 Å². The zero-order valence-corrected chi connectivity index (χ0v) is 18.5. The number of nitrogens with one attached hydrogen (secondary N) is 1. The minimum Gasteiger partial charge on any atom is -0.321 e. The maximum atomic E-state index is 14.7. The SMILES string of the molecule is Cc1c(C(=O)Nc2ccc(F)c(-c3nnc4n3CCCCC4)c2)sc2ncn(C)c(=O)c12. The molecule has 164 valence electrons. The third-order valence-electron chi connectivity index (χ3n) is 5.79. The molecule has 0 saturated carbocycles. The Bertz CT molecular complexity index is 1420. The Morgan fingerprint density at radius 3 is 2.91 bits per heavy atom. The van der Waals surface area contributed by atoms with Crippen LogP contribution in [0.15, 0.2) is 29.3 Å². The summed E-state index contributed by atoms with van der Waals surface area (Å²) in [5.74, 6) is 0.543. The number of halogens is 1. The first-order valence-electron chi connectivity index (χ1n) is 10.4. The van der Waals surface area contributed by atoms with Crippen LogP contribution in [0.2, 0.25) is 0 Å². The lowest BCUT2D eigenvalue weighted by molar-refractivity contribution is 0.103. The van der Waals surface area contributed by atoms with Crippen molar-refractivity contribution in [3.63, 3.8) is 0 Å². The van der Waals surface area contributed by atoms with E-state index in [0.29, 0.717) is 37.7 Å².